The second kappa shape index (κ2) is 51.2. The summed E-state index contributed by atoms with van der Waals surface area (Å²) < 4.78 is 23.7. The van der Waals surface area contributed by atoms with Gasteiger partial charge in [-0.1, -0.05) is 296 Å². The van der Waals surface area contributed by atoms with Crippen molar-refractivity contribution in [1.29, 1.82) is 0 Å². The van der Waals surface area contributed by atoms with Gasteiger partial charge in [0.2, 0.25) is 5.91 Å². The molecule has 0 fully saturated rings. The fourth-order valence-electron chi connectivity index (χ4n) is 9.28. The van der Waals surface area contributed by atoms with Gasteiger partial charge in [0.1, 0.15) is 13.2 Å². The number of phosphoric acid groups is 1. The largest absolute Gasteiger partial charge is 0.472 e. The molecule has 9 heteroatoms. The van der Waals surface area contributed by atoms with E-state index < -0.39 is 20.0 Å². The SMILES string of the molecule is CCCCCCCCCCCCCC/C=C/C(O)C(COP(=O)(O)OCC[N+](C)(C)C)NC(=O)CCCCCCCCCCCCCCCCCCCCCCCCCCCCCCCCCC. The molecule has 406 valence electrons. The number of hydrogen-bond donors (Lipinski definition) is 3. The third kappa shape index (κ3) is 53.0. The highest BCUT2D eigenvalue weighted by molar-refractivity contribution is 7.47. The summed E-state index contributed by atoms with van der Waals surface area (Å²) in [6, 6.07) is -0.841. The molecule has 0 heterocycles. The average Bonchev–Trinajstić information content (AvgIpc) is 3.30. The van der Waals surface area contributed by atoms with Gasteiger partial charge in [0.15, 0.2) is 0 Å². The van der Waals surface area contributed by atoms with Crippen molar-refractivity contribution in [2.45, 2.75) is 321 Å². The molecular weight excluding hydrogens is 864 g/mol. The lowest BCUT2D eigenvalue weighted by atomic mass is 10.0. The number of quaternary nitrogens is 1. The number of carbonyl (C=O) groups excluding carboxylic acids is 1. The summed E-state index contributed by atoms with van der Waals surface area (Å²) in [5.74, 6) is -0.170. The molecule has 8 nitrogen and oxygen atoms in total. The number of unbranched alkanes of at least 4 members (excludes halogenated alkanes) is 43. The number of amides is 1. The van der Waals surface area contributed by atoms with Crippen LogP contribution in [0.3, 0.4) is 0 Å². The molecule has 0 saturated heterocycles. The van der Waals surface area contributed by atoms with Gasteiger partial charge in [-0.2, -0.15) is 0 Å². The molecular formula is C59H120N2O6P+. The van der Waals surface area contributed by atoms with Gasteiger partial charge in [0.25, 0.3) is 0 Å². The molecule has 68 heavy (non-hydrogen) atoms. The first kappa shape index (κ1) is 67.2. The van der Waals surface area contributed by atoms with Crippen molar-refractivity contribution < 1.29 is 32.9 Å². The Kier molecular flexibility index (Phi) is 50.6. The number of hydrogen-bond acceptors (Lipinski definition) is 5. The van der Waals surface area contributed by atoms with Crippen molar-refractivity contribution >= 4 is 13.7 Å². The van der Waals surface area contributed by atoms with Gasteiger partial charge in [-0.05, 0) is 19.3 Å². The number of aliphatic hydroxyl groups excluding tert-OH is 1. The van der Waals surface area contributed by atoms with Gasteiger partial charge in [0.05, 0.1) is 39.9 Å². The molecule has 0 radical (unpaired) electrons. The average molecular weight is 985 g/mol. The molecule has 0 aromatic heterocycles. The van der Waals surface area contributed by atoms with Gasteiger partial charge in [0, 0.05) is 6.42 Å². The third-order valence-corrected chi connectivity index (χ3v) is 15.0. The second-order valence-corrected chi connectivity index (χ2v) is 23.5. The number of allylic oxidation sites excluding steroid dienone is 1. The molecule has 3 atom stereocenters. The molecule has 0 aliphatic rings. The van der Waals surface area contributed by atoms with Crippen molar-refractivity contribution in [3.05, 3.63) is 12.2 Å². The van der Waals surface area contributed by atoms with Crippen LogP contribution in [0.4, 0.5) is 0 Å². The Morgan fingerprint density at radius 3 is 1.09 bits per heavy atom. The fourth-order valence-corrected chi connectivity index (χ4v) is 10.0. The summed E-state index contributed by atoms with van der Waals surface area (Å²) >= 11 is 0. The van der Waals surface area contributed by atoms with E-state index in [2.05, 4.69) is 19.2 Å². The topological polar surface area (TPSA) is 105 Å². The summed E-state index contributed by atoms with van der Waals surface area (Å²) in [7, 11) is 1.59. The van der Waals surface area contributed by atoms with Crippen LogP contribution in [-0.2, 0) is 18.4 Å². The number of phosphoric ester groups is 1. The van der Waals surface area contributed by atoms with E-state index in [-0.39, 0.29) is 19.1 Å². The zero-order valence-corrected chi connectivity index (χ0v) is 47.3. The molecule has 3 N–H and O–H groups in total. The second-order valence-electron chi connectivity index (χ2n) is 22.1. The smallest absolute Gasteiger partial charge is 0.387 e. The quantitative estimate of drug-likeness (QED) is 0.0243. The maximum absolute atomic E-state index is 13.0. The highest BCUT2D eigenvalue weighted by Gasteiger charge is 2.27. The van der Waals surface area contributed by atoms with E-state index >= 15 is 0 Å². The fraction of sp³-hybridized carbons (Fsp3) is 0.949. The Labute approximate surface area is 424 Å². The van der Waals surface area contributed by atoms with E-state index in [1.54, 1.807) is 6.08 Å². The minimum absolute atomic E-state index is 0.0650. The van der Waals surface area contributed by atoms with Crippen molar-refractivity contribution in [2.24, 2.45) is 0 Å². The lowest BCUT2D eigenvalue weighted by Crippen LogP contribution is -2.45. The summed E-state index contributed by atoms with van der Waals surface area (Å²) in [5, 5.41) is 13.9. The molecule has 0 rings (SSSR count). The van der Waals surface area contributed by atoms with Crippen LogP contribution in [0.25, 0.3) is 0 Å². The minimum Gasteiger partial charge on any atom is -0.387 e. The number of nitrogens with zero attached hydrogens (tertiary/aromatic N) is 1. The first-order valence-electron chi connectivity index (χ1n) is 30.1. The Bertz CT molecular complexity index is 1120. The Balaban J connectivity index is 3.97. The molecule has 0 aromatic carbocycles. The predicted molar refractivity (Wildman–Crippen MR) is 295 cm³/mol. The highest BCUT2D eigenvalue weighted by atomic mass is 31.2. The van der Waals surface area contributed by atoms with Crippen LogP contribution < -0.4 is 5.32 Å². The Morgan fingerprint density at radius 2 is 0.779 bits per heavy atom. The Morgan fingerprint density at radius 1 is 0.485 bits per heavy atom. The zero-order valence-electron chi connectivity index (χ0n) is 46.4. The van der Waals surface area contributed by atoms with Gasteiger partial charge in [-0.15, -0.1) is 0 Å². The predicted octanol–water partition coefficient (Wildman–Crippen LogP) is 18.2. The van der Waals surface area contributed by atoms with Crippen LogP contribution >= 0.6 is 7.82 Å². The van der Waals surface area contributed by atoms with Crippen LogP contribution in [0.1, 0.15) is 309 Å². The summed E-state index contributed by atoms with van der Waals surface area (Å²) in [6.45, 7) is 4.86. The molecule has 0 aliphatic carbocycles. The van der Waals surface area contributed by atoms with Crippen molar-refractivity contribution in [3.63, 3.8) is 0 Å². The van der Waals surface area contributed by atoms with E-state index in [9.17, 15) is 19.4 Å². The van der Waals surface area contributed by atoms with Gasteiger partial charge < -0.3 is 19.8 Å². The van der Waals surface area contributed by atoms with Crippen LogP contribution in [0.5, 0.6) is 0 Å². The standard InChI is InChI=1S/C59H119N2O6P/c1-6-8-10-12-14-16-18-20-22-23-24-25-26-27-28-29-30-31-32-33-34-35-36-37-38-39-41-43-45-47-49-51-53-59(63)60-57(56-67-68(64,65)66-55-54-61(3,4)5)58(62)52-50-48-46-44-42-40-21-19-17-15-13-11-9-7-2/h50,52,57-58,62H,6-49,51,53-56H2,1-5H3,(H-,60,63,64,65)/p+1/b52-50+. The van der Waals surface area contributed by atoms with Crippen LogP contribution in [-0.4, -0.2) is 73.4 Å². The molecule has 0 bridgehead atoms. The number of carbonyl (C=O) groups is 1. The van der Waals surface area contributed by atoms with E-state index in [0.717, 1.165) is 38.5 Å². The number of aliphatic hydroxyl groups is 1. The first-order chi connectivity index (χ1) is 33.0. The third-order valence-electron chi connectivity index (χ3n) is 14.0. The Hall–Kier alpha value is -0.760. The molecule has 3 unspecified atom stereocenters. The number of nitrogens with one attached hydrogen (secondary N) is 1. The molecule has 0 saturated carbocycles. The normalized spacial score (nSPS) is 13.9. The lowest BCUT2D eigenvalue weighted by molar-refractivity contribution is -0.870. The van der Waals surface area contributed by atoms with Crippen molar-refractivity contribution in [3.8, 4) is 0 Å². The molecule has 0 aliphatic heterocycles. The molecule has 1 amide bonds. The van der Waals surface area contributed by atoms with E-state index in [0.29, 0.717) is 17.4 Å². The number of rotatable bonds is 56. The molecule has 0 spiro atoms. The minimum atomic E-state index is -4.34. The maximum atomic E-state index is 13.0. The lowest BCUT2D eigenvalue weighted by Gasteiger charge is -2.25. The highest BCUT2D eigenvalue weighted by Crippen LogP contribution is 2.43. The van der Waals surface area contributed by atoms with Crippen LogP contribution in [0, 0.1) is 0 Å². The monoisotopic (exact) mass is 984 g/mol. The van der Waals surface area contributed by atoms with Crippen molar-refractivity contribution in [1.82, 2.24) is 5.32 Å². The van der Waals surface area contributed by atoms with E-state index in [4.69, 9.17) is 9.05 Å². The number of likely N-dealkylation sites (N-methyl/N-ethyl adjacent to an activating group) is 1. The van der Waals surface area contributed by atoms with E-state index in [1.165, 1.54) is 250 Å². The van der Waals surface area contributed by atoms with Crippen LogP contribution in [0.15, 0.2) is 12.2 Å². The summed E-state index contributed by atoms with van der Waals surface area (Å²) in [5.41, 5.74) is 0. The van der Waals surface area contributed by atoms with E-state index in [1.807, 2.05) is 27.2 Å². The van der Waals surface area contributed by atoms with Gasteiger partial charge in [-0.3, -0.25) is 13.8 Å². The van der Waals surface area contributed by atoms with Crippen molar-refractivity contribution in [2.75, 3.05) is 40.9 Å². The zero-order chi connectivity index (χ0) is 49.9. The van der Waals surface area contributed by atoms with Gasteiger partial charge >= 0.3 is 7.82 Å². The first-order valence-corrected chi connectivity index (χ1v) is 31.6. The summed E-state index contributed by atoms with van der Waals surface area (Å²) in [4.78, 5) is 23.3. The summed E-state index contributed by atoms with van der Waals surface area (Å²) in [6.07, 6.45) is 63.3. The van der Waals surface area contributed by atoms with Gasteiger partial charge in [-0.25, -0.2) is 4.57 Å². The maximum Gasteiger partial charge on any atom is 0.472 e. The van der Waals surface area contributed by atoms with Crippen LogP contribution in [0.2, 0.25) is 0 Å². The molecule has 0 aromatic rings.